The molecule has 0 radical (unpaired) electrons. The van der Waals surface area contributed by atoms with Gasteiger partial charge >= 0.3 is 5.97 Å². The molecule has 0 unspecified atom stereocenters. The molecule has 1 N–H and O–H groups in total. The lowest BCUT2D eigenvalue weighted by Gasteiger charge is -2.09. The van der Waals surface area contributed by atoms with Crippen LogP contribution in [0.2, 0.25) is 0 Å². The van der Waals surface area contributed by atoms with Gasteiger partial charge in [0.2, 0.25) is 5.91 Å². The predicted octanol–water partition coefficient (Wildman–Crippen LogP) is -0.383. The van der Waals surface area contributed by atoms with Crippen LogP contribution in [0.5, 0.6) is 0 Å². The van der Waals surface area contributed by atoms with Crippen LogP contribution in [0.3, 0.4) is 0 Å². The van der Waals surface area contributed by atoms with Gasteiger partial charge in [-0.1, -0.05) is 0 Å². The second kappa shape index (κ2) is 7.32. The molecule has 0 fully saturated rings. The molecule has 0 heterocycles. The van der Waals surface area contributed by atoms with Crippen molar-refractivity contribution in [1.82, 2.24) is 10.2 Å². The minimum Gasteiger partial charge on any atom is -0.464 e. The zero-order valence-electron chi connectivity index (χ0n) is 9.00. The van der Waals surface area contributed by atoms with Crippen molar-refractivity contribution in [3.8, 4) is 0 Å². The van der Waals surface area contributed by atoms with Crippen molar-refractivity contribution in [1.29, 1.82) is 0 Å². The first kappa shape index (κ1) is 12.9. The zero-order valence-corrected chi connectivity index (χ0v) is 9.00. The lowest BCUT2D eigenvalue weighted by molar-refractivity contribution is -0.145. The van der Waals surface area contributed by atoms with Gasteiger partial charge in [-0.25, -0.2) is 0 Å². The van der Waals surface area contributed by atoms with Crippen LogP contribution in [0, 0.1) is 0 Å². The van der Waals surface area contributed by atoms with Crippen molar-refractivity contribution in [3.63, 3.8) is 0 Å². The summed E-state index contributed by atoms with van der Waals surface area (Å²) in [6.07, 6.45) is 0.338. The first-order valence-corrected chi connectivity index (χ1v) is 4.57. The van der Waals surface area contributed by atoms with E-state index >= 15 is 0 Å². The van der Waals surface area contributed by atoms with E-state index in [0.29, 0.717) is 13.2 Å². The molecule has 0 spiro atoms. The van der Waals surface area contributed by atoms with Crippen LogP contribution < -0.4 is 5.32 Å². The highest BCUT2D eigenvalue weighted by atomic mass is 16.5. The van der Waals surface area contributed by atoms with E-state index in [1.165, 1.54) is 0 Å². The molecular weight excluding hydrogens is 184 g/mol. The maximum Gasteiger partial charge on any atom is 0.306 e. The summed E-state index contributed by atoms with van der Waals surface area (Å²) in [5, 5.41) is 2.44. The van der Waals surface area contributed by atoms with Crippen LogP contribution in [0.25, 0.3) is 0 Å². The minimum atomic E-state index is -0.324. The topological polar surface area (TPSA) is 58.6 Å². The number of carbonyl (C=O) groups excluding carboxylic acids is 2. The van der Waals surface area contributed by atoms with E-state index < -0.39 is 0 Å². The third kappa shape index (κ3) is 7.54. The van der Waals surface area contributed by atoms with Gasteiger partial charge in [-0.3, -0.25) is 9.59 Å². The molecule has 1 amide bonds. The van der Waals surface area contributed by atoms with Crippen molar-refractivity contribution < 1.29 is 14.3 Å². The van der Waals surface area contributed by atoms with Gasteiger partial charge in [0.15, 0.2) is 0 Å². The molecule has 0 saturated heterocycles. The second-order valence-corrected chi connectivity index (χ2v) is 3.20. The summed E-state index contributed by atoms with van der Waals surface area (Å²) in [5.41, 5.74) is 0. The molecule has 0 aromatic carbocycles. The largest absolute Gasteiger partial charge is 0.464 e. The van der Waals surface area contributed by atoms with Crippen molar-refractivity contribution >= 4 is 11.9 Å². The van der Waals surface area contributed by atoms with Crippen LogP contribution in [0.1, 0.15) is 12.8 Å². The molecule has 5 nitrogen and oxygen atoms in total. The van der Waals surface area contributed by atoms with Crippen LogP contribution in [0.15, 0.2) is 0 Å². The van der Waals surface area contributed by atoms with Crippen LogP contribution in [-0.4, -0.2) is 51.1 Å². The van der Waals surface area contributed by atoms with E-state index in [1.807, 2.05) is 19.0 Å². The van der Waals surface area contributed by atoms with Gasteiger partial charge in [-0.15, -0.1) is 0 Å². The molecule has 0 atom stereocenters. The van der Waals surface area contributed by atoms with Crippen molar-refractivity contribution in [2.24, 2.45) is 0 Å². The van der Waals surface area contributed by atoms with Gasteiger partial charge in [0, 0.05) is 20.0 Å². The average molecular weight is 202 g/mol. The number of esters is 1. The van der Waals surface area contributed by atoms with E-state index in [-0.39, 0.29) is 24.7 Å². The second-order valence-electron chi connectivity index (χ2n) is 3.20. The summed E-state index contributed by atoms with van der Waals surface area (Å²) >= 11 is 0. The minimum absolute atomic E-state index is 0.144. The Hall–Kier alpha value is -1.10. The number of carbonyl (C=O) groups is 2. The highest BCUT2D eigenvalue weighted by Crippen LogP contribution is 1.92. The maximum atomic E-state index is 11.0. The third-order valence-electron chi connectivity index (χ3n) is 1.64. The summed E-state index contributed by atoms with van der Waals surface area (Å²) < 4.78 is 4.89. The maximum absolute atomic E-state index is 11.0. The number of amides is 1. The van der Waals surface area contributed by atoms with Gasteiger partial charge in [-0.2, -0.15) is 0 Å². The highest BCUT2D eigenvalue weighted by Gasteiger charge is 2.06. The molecule has 0 rings (SSSR count). The summed E-state index contributed by atoms with van der Waals surface area (Å²) in [4.78, 5) is 23.7. The molecule has 0 aliphatic heterocycles. The molecule has 0 aliphatic rings. The normalized spacial score (nSPS) is 10.0. The molecular formula is C9H18N2O3. The van der Waals surface area contributed by atoms with Gasteiger partial charge in [0.05, 0.1) is 6.42 Å². The zero-order chi connectivity index (χ0) is 11.0. The van der Waals surface area contributed by atoms with Gasteiger partial charge in [0.25, 0.3) is 0 Å². The average Bonchev–Trinajstić information content (AvgIpc) is 2.13. The van der Waals surface area contributed by atoms with Gasteiger partial charge in [-0.05, 0) is 14.1 Å². The molecule has 5 heteroatoms. The van der Waals surface area contributed by atoms with Crippen LogP contribution in [-0.2, 0) is 14.3 Å². The Bertz CT molecular complexity index is 192. The Morgan fingerprint density at radius 2 is 1.93 bits per heavy atom. The van der Waals surface area contributed by atoms with E-state index in [2.05, 4.69) is 5.32 Å². The Labute approximate surface area is 84.4 Å². The monoisotopic (exact) mass is 202 g/mol. The number of nitrogens with zero attached hydrogens (tertiary/aromatic N) is 1. The number of hydrogen-bond acceptors (Lipinski definition) is 4. The Balaban J connectivity index is 3.42. The van der Waals surface area contributed by atoms with E-state index in [1.54, 1.807) is 7.05 Å². The highest BCUT2D eigenvalue weighted by molar-refractivity contribution is 5.80. The molecule has 0 aromatic heterocycles. The Morgan fingerprint density at radius 3 is 2.43 bits per heavy atom. The predicted molar refractivity (Wildman–Crippen MR) is 52.8 cm³/mol. The first-order valence-electron chi connectivity index (χ1n) is 4.57. The van der Waals surface area contributed by atoms with E-state index in [0.717, 1.165) is 0 Å². The van der Waals surface area contributed by atoms with Crippen molar-refractivity contribution in [2.45, 2.75) is 12.8 Å². The summed E-state index contributed by atoms with van der Waals surface area (Å²) in [6, 6.07) is 0. The summed E-state index contributed by atoms with van der Waals surface area (Å²) in [6.45, 7) is 1.07. The van der Waals surface area contributed by atoms with Gasteiger partial charge in [0.1, 0.15) is 6.61 Å². The Morgan fingerprint density at radius 1 is 1.29 bits per heavy atom. The fraction of sp³-hybridized carbons (Fsp3) is 0.778. The number of ether oxygens (including phenoxy) is 1. The number of rotatable bonds is 6. The standard InChI is InChI=1S/C9H18N2O3/c1-10-8(12)4-5-9(13)14-7-6-11(2)3/h4-7H2,1-3H3,(H,10,12). The van der Waals surface area contributed by atoms with Crippen molar-refractivity contribution in [3.05, 3.63) is 0 Å². The first-order chi connectivity index (χ1) is 6.56. The quantitative estimate of drug-likeness (QED) is 0.596. The fourth-order valence-electron chi connectivity index (χ4n) is 0.755. The number of nitrogens with one attached hydrogen (secondary N) is 1. The molecule has 0 aliphatic carbocycles. The molecule has 0 saturated carbocycles. The van der Waals surface area contributed by atoms with Crippen LogP contribution >= 0.6 is 0 Å². The molecule has 82 valence electrons. The lowest BCUT2D eigenvalue weighted by Crippen LogP contribution is -2.22. The summed E-state index contributed by atoms with van der Waals surface area (Å²) in [7, 11) is 5.34. The number of likely N-dealkylation sites (N-methyl/N-ethyl adjacent to an activating group) is 1. The third-order valence-corrected chi connectivity index (χ3v) is 1.64. The van der Waals surface area contributed by atoms with Gasteiger partial charge < -0.3 is 15.0 Å². The van der Waals surface area contributed by atoms with E-state index in [4.69, 9.17) is 4.74 Å². The number of hydrogen-bond donors (Lipinski definition) is 1. The molecule has 0 aromatic rings. The van der Waals surface area contributed by atoms with Crippen molar-refractivity contribution in [2.75, 3.05) is 34.3 Å². The Kier molecular flexibility index (Phi) is 6.74. The van der Waals surface area contributed by atoms with Crippen LogP contribution in [0.4, 0.5) is 0 Å². The smallest absolute Gasteiger partial charge is 0.306 e. The summed E-state index contributed by atoms with van der Waals surface area (Å²) in [5.74, 6) is -0.468. The SMILES string of the molecule is CNC(=O)CCC(=O)OCCN(C)C. The molecule has 0 bridgehead atoms. The fourth-order valence-corrected chi connectivity index (χ4v) is 0.755. The lowest BCUT2D eigenvalue weighted by atomic mass is 10.3. The molecule has 14 heavy (non-hydrogen) atoms. The van der Waals surface area contributed by atoms with E-state index in [9.17, 15) is 9.59 Å².